The van der Waals surface area contributed by atoms with E-state index < -0.39 is 0 Å². The van der Waals surface area contributed by atoms with E-state index in [1.807, 2.05) is 0 Å². The second kappa shape index (κ2) is 9.38. The first-order valence-electron chi connectivity index (χ1n) is 2.00. The molecule has 0 aliphatic heterocycles. The van der Waals surface area contributed by atoms with Crippen molar-refractivity contribution in [2.75, 3.05) is 0 Å². The van der Waals surface area contributed by atoms with E-state index in [-0.39, 0.29) is 8.80 Å². The van der Waals surface area contributed by atoms with Gasteiger partial charge in [-0.3, -0.25) is 0 Å². The van der Waals surface area contributed by atoms with Crippen LogP contribution in [0, 0.1) is 0 Å². The molecule has 4 radical (unpaired) electrons. The van der Waals surface area contributed by atoms with E-state index in [1.165, 1.54) is 0 Å². The van der Waals surface area contributed by atoms with Crippen molar-refractivity contribution in [1.82, 2.24) is 0 Å². The number of rotatable bonds is 0. The summed E-state index contributed by atoms with van der Waals surface area (Å²) < 4.78 is 0. The fraction of sp³-hybridized carbons (Fsp3) is 1.00. The number of hydrogen-bond acceptors (Lipinski definition) is 0. The van der Waals surface area contributed by atoms with E-state index >= 15 is 0 Å². The summed E-state index contributed by atoms with van der Waals surface area (Å²) in [5, 5.41) is 0. The third-order valence-electron chi connectivity index (χ3n) is 0. The van der Waals surface area contributed by atoms with Crippen LogP contribution in [0.25, 0.3) is 0 Å². The van der Waals surface area contributed by atoms with Crippen molar-refractivity contribution in [2.24, 2.45) is 0 Å². The van der Waals surface area contributed by atoms with Crippen molar-refractivity contribution in [2.45, 2.75) is 24.6 Å². The predicted octanol–water partition coefficient (Wildman–Crippen LogP) is 1.57. The Hall–Kier alpha value is 1.02. The molecular formula is C4H12SiSn. The Labute approximate surface area is 56.0 Å². The summed E-state index contributed by atoms with van der Waals surface area (Å²) >= 11 is 1.55. The molecule has 0 heterocycles. The topological polar surface area (TPSA) is 0 Å². The van der Waals surface area contributed by atoms with Crippen molar-refractivity contribution in [3.8, 4) is 0 Å². The molecule has 0 amide bonds. The van der Waals surface area contributed by atoms with Crippen LogP contribution in [0.15, 0.2) is 0 Å². The normalized spacial score (nSPS) is 7.00. The van der Waals surface area contributed by atoms with Crippen molar-refractivity contribution >= 4 is 31.3 Å². The van der Waals surface area contributed by atoms with Crippen LogP contribution >= 0.6 is 0 Å². The Morgan fingerprint density at radius 1 is 1.00 bits per heavy atom. The Morgan fingerprint density at radius 3 is 1.00 bits per heavy atom. The summed E-state index contributed by atoms with van der Waals surface area (Å²) in [6, 6.07) is 0. The zero-order chi connectivity index (χ0) is 5.58. The van der Waals surface area contributed by atoms with Gasteiger partial charge >= 0.3 is 27.5 Å². The molecule has 0 aromatic rings. The summed E-state index contributed by atoms with van der Waals surface area (Å²) in [4.78, 5) is 2.09. The molecule has 36 valence electrons. The van der Waals surface area contributed by atoms with Gasteiger partial charge in [-0.15, -0.1) is 0 Å². The van der Waals surface area contributed by atoms with E-state index in [9.17, 15) is 0 Å². The summed E-state index contributed by atoms with van der Waals surface area (Å²) in [5.74, 6) is 0. The molecule has 0 unspecified atom stereocenters. The second-order valence-electron chi connectivity index (χ2n) is 1.50. The van der Waals surface area contributed by atoms with Gasteiger partial charge in [-0.1, -0.05) is 19.6 Å². The summed E-state index contributed by atoms with van der Waals surface area (Å²) in [6.07, 6.45) is 0. The standard InChI is InChI=1S/C3H9Si.CH3.Sn/c1-4(2)3;;/h1-3H3;1H3;. The quantitative estimate of drug-likeness (QED) is 0.529. The van der Waals surface area contributed by atoms with Gasteiger partial charge in [-0.05, 0) is 0 Å². The first kappa shape index (κ1) is 10.1. The third kappa shape index (κ3) is 78.4. The maximum atomic E-state index is 2.27. The monoisotopic (exact) mass is 208 g/mol. The van der Waals surface area contributed by atoms with Crippen LogP contribution < -0.4 is 0 Å². The van der Waals surface area contributed by atoms with Crippen molar-refractivity contribution in [3.63, 3.8) is 0 Å². The molecule has 0 aromatic heterocycles. The summed E-state index contributed by atoms with van der Waals surface area (Å²) in [7, 11) is 0.120. The van der Waals surface area contributed by atoms with Gasteiger partial charge in [0, 0.05) is 8.80 Å². The molecule has 0 bridgehead atoms. The van der Waals surface area contributed by atoms with Gasteiger partial charge < -0.3 is 0 Å². The third-order valence-corrected chi connectivity index (χ3v) is 0. The van der Waals surface area contributed by atoms with E-state index in [1.54, 1.807) is 22.5 Å². The van der Waals surface area contributed by atoms with Crippen LogP contribution in [0.5, 0.6) is 0 Å². The van der Waals surface area contributed by atoms with Crippen LogP contribution in [0.3, 0.4) is 0 Å². The average Bonchev–Trinajstić information content (AvgIpc) is 1.41. The molecule has 0 spiro atoms. The Kier molecular flexibility index (Phi) is 15.8. The molecule has 0 atom stereocenters. The maximum absolute atomic E-state index is 2.27. The molecule has 0 fully saturated rings. The van der Waals surface area contributed by atoms with Crippen LogP contribution in [0.4, 0.5) is 0 Å². The molecule has 0 aliphatic carbocycles. The molecule has 0 N–H and O–H groups in total. The van der Waals surface area contributed by atoms with Crippen LogP contribution in [0.2, 0.25) is 24.6 Å². The van der Waals surface area contributed by atoms with Crippen LogP contribution in [-0.4, -0.2) is 31.3 Å². The molecule has 0 aliphatic rings. The molecule has 0 rings (SSSR count). The summed E-state index contributed by atoms with van der Waals surface area (Å²) in [5.41, 5.74) is 0. The fourth-order valence-electron chi connectivity index (χ4n) is 0. The molecule has 2 heteroatoms. The Bertz CT molecular complexity index is 12.3. The second-order valence-corrected chi connectivity index (χ2v) is 4.50. The molecule has 0 saturated heterocycles. The molecule has 6 heavy (non-hydrogen) atoms. The van der Waals surface area contributed by atoms with Gasteiger partial charge in [-0.2, -0.15) is 0 Å². The van der Waals surface area contributed by atoms with Crippen LogP contribution in [0.1, 0.15) is 0 Å². The van der Waals surface area contributed by atoms with Gasteiger partial charge in [0.2, 0.25) is 0 Å². The van der Waals surface area contributed by atoms with Crippen molar-refractivity contribution < 1.29 is 0 Å². The molecule has 0 nitrogen and oxygen atoms in total. The summed E-state index contributed by atoms with van der Waals surface area (Å²) in [6.45, 7) is 6.81. The van der Waals surface area contributed by atoms with Gasteiger partial charge in [0.1, 0.15) is 0 Å². The minimum absolute atomic E-state index is 0.120. The zero-order valence-corrected chi connectivity index (χ0v) is 8.85. The van der Waals surface area contributed by atoms with Gasteiger partial charge in [0.25, 0.3) is 0 Å². The van der Waals surface area contributed by atoms with Crippen molar-refractivity contribution in [1.29, 1.82) is 0 Å². The van der Waals surface area contributed by atoms with Crippen LogP contribution in [-0.2, 0) is 0 Å². The minimum atomic E-state index is 0.120. The SMILES string of the molecule is C[Si](C)C.[CH3][Sn]. The molecule has 0 saturated carbocycles. The van der Waals surface area contributed by atoms with E-state index in [0.29, 0.717) is 0 Å². The first-order chi connectivity index (χ1) is 2.73. The molecular weight excluding hydrogens is 195 g/mol. The predicted molar refractivity (Wildman–Crippen MR) is 35.0 cm³/mol. The van der Waals surface area contributed by atoms with Gasteiger partial charge in [-0.25, -0.2) is 0 Å². The average molecular weight is 207 g/mol. The number of hydrogen-bond donors (Lipinski definition) is 0. The molecule has 0 aromatic carbocycles. The van der Waals surface area contributed by atoms with Crippen molar-refractivity contribution in [3.05, 3.63) is 0 Å². The Balaban J connectivity index is 0. The fourth-order valence-corrected chi connectivity index (χ4v) is 0. The zero-order valence-electron chi connectivity index (χ0n) is 5.00. The Morgan fingerprint density at radius 2 is 1.00 bits per heavy atom. The van der Waals surface area contributed by atoms with Gasteiger partial charge in [0.15, 0.2) is 0 Å². The van der Waals surface area contributed by atoms with E-state index in [4.69, 9.17) is 0 Å². The first-order valence-corrected chi connectivity index (χ1v) is 7.85. The van der Waals surface area contributed by atoms with E-state index in [0.717, 1.165) is 0 Å². The van der Waals surface area contributed by atoms with Gasteiger partial charge in [0.05, 0.1) is 0 Å². The van der Waals surface area contributed by atoms with E-state index in [2.05, 4.69) is 24.6 Å².